The third kappa shape index (κ3) is 3.64. The molecule has 0 radical (unpaired) electrons. The first-order valence-corrected chi connectivity index (χ1v) is 10.4. The third-order valence-corrected chi connectivity index (χ3v) is 6.79. The first-order valence-electron chi connectivity index (χ1n) is 10.4. The maximum atomic E-state index is 12.6. The zero-order chi connectivity index (χ0) is 17.2. The molecule has 4 rings (SSSR count). The molecule has 0 bridgehead atoms. The van der Waals surface area contributed by atoms with Crippen LogP contribution in [0.2, 0.25) is 0 Å². The van der Waals surface area contributed by atoms with Gasteiger partial charge in [-0.2, -0.15) is 0 Å². The molecule has 3 fully saturated rings. The Labute approximate surface area is 151 Å². The third-order valence-electron chi connectivity index (χ3n) is 6.79. The first-order chi connectivity index (χ1) is 12.2. The number of hydrogen-bond acceptors (Lipinski definition) is 3. The zero-order valence-corrected chi connectivity index (χ0v) is 15.6. The number of carbonyl (C=O) groups is 1. The van der Waals surface area contributed by atoms with Crippen LogP contribution >= 0.6 is 0 Å². The van der Waals surface area contributed by atoms with E-state index in [9.17, 15) is 4.79 Å². The largest absolute Gasteiger partial charge is 0.456 e. The minimum Gasteiger partial charge on any atom is -0.456 e. The second-order valence-corrected chi connectivity index (χ2v) is 8.30. The van der Waals surface area contributed by atoms with Gasteiger partial charge < -0.3 is 9.73 Å². The Bertz CT molecular complexity index is 603. The Hall–Kier alpha value is -1.29. The normalized spacial score (nSPS) is 29.2. The van der Waals surface area contributed by atoms with Crippen LogP contribution in [0.1, 0.15) is 73.7 Å². The molecule has 2 aliphatic carbocycles. The van der Waals surface area contributed by atoms with Gasteiger partial charge in [-0.05, 0) is 69.0 Å². The van der Waals surface area contributed by atoms with E-state index in [1.54, 1.807) is 0 Å². The van der Waals surface area contributed by atoms with Crippen LogP contribution in [0.25, 0.3) is 0 Å². The van der Waals surface area contributed by atoms with Crippen molar-refractivity contribution in [2.45, 2.75) is 64.8 Å². The minimum absolute atomic E-state index is 0.0242. The van der Waals surface area contributed by atoms with E-state index in [1.807, 2.05) is 6.07 Å². The lowest BCUT2D eigenvalue weighted by Gasteiger charge is -2.18. The summed E-state index contributed by atoms with van der Waals surface area (Å²) in [5.41, 5.74) is 1.20. The molecule has 3 aliphatic rings. The molecular weight excluding hydrogens is 312 g/mol. The summed E-state index contributed by atoms with van der Waals surface area (Å²) >= 11 is 0. The molecule has 4 heteroatoms. The van der Waals surface area contributed by atoms with Crippen molar-refractivity contribution in [3.05, 3.63) is 23.2 Å². The molecule has 2 saturated carbocycles. The topological polar surface area (TPSA) is 45.5 Å². The van der Waals surface area contributed by atoms with Gasteiger partial charge in [0.15, 0.2) is 5.76 Å². The fourth-order valence-electron chi connectivity index (χ4n) is 5.44. The van der Waals surface area contributed by atoms with Gasteiger partial charge in [-0.3, -0.25) is 9.69 Å². The van der Waals surface area contributed by atoms with Crippen molar-refractivity contribution in [1.82, 2.24) is 10.2 Å². The number of furan rings is 1. The highest BCUT2D eigenvalue weighted by atomic mass is 16.4. The summed E-state index contributed by atoms with van der Waals surface area (Å²) in [6, 6.07) is 1.99. The molecule has 138 valence electrons. The van der Waals surface area contributed by atoms with E-state index in [0.717, 1.165) is 37.1 Å². The van der Waals surface area contributed by atoms with E-state index in [0.29, 0.717) is 11.7 Å². The predicted octanol–water partition coefficient (Wildman–Crippen LogP) is 3.99. The standard InChI is InChI=1S/C21H32N2O2/c1-2-19-17(14-23-10-3-4-11-23)12-20(25-19)21(24)22-13-16-9-8-15-6-5-7-18(15)16/h12,15-16,18H,2-11,13-14H2,1H3,(H,22,24)/t15-,16+,18-/m0/s1. The molecule has 1 aromatic heterocycles. The van der Waals surface area contributed by atoms with Crippen molar-refractivity contribution in [1.29, 1.82) is 0 Å². The quantitative estimate of drug-likeness (QED) is 0.848. The molecule has 0 spiro atoms. The smallest absolute Gasteiger partial charge is 0.287 e. The van der Waals surface area contributed by atoms with Gasteiger partial charge >= 0.3 is 0 Å². The van der Waals surface area contributed by atoms with Gasteiger partial charge in [-0.25, -0.2) is 0 Å². The monoisotopic (exact) mass is 344 g/mol. The summed E-state index contributed by atoms with van der Waals surface area (Å²) in [5, 5.41) is 3.17. The Morgan fingerprint density at radius 3 is 2.84 bits per heavy atom. The highest BCUT2D eigenvalue weighted by molar-refractivity contribution is 5.91. The summed E-state index contributed by atoms with van der Waals surface area (Å²) in [6.45, 7) is 6.18. The lowest BCUT2D eigenvalue weighted by molar-refractivity contribution is 0.0913. The van der Waals surface area contributed by atoms with Crippen molar-refractivity contribution < 1.29 is 9.21 Å². The molecule has 1 saturated heterocycles. The number of carbonyl (C=O) groups excluding carboxylic acids is 1. The van der Waals surface area contributed by atoms with E-state index in [1.165, 1.54) is 63.6 Å². The van der Waals surface area contributed by atoms with Crippen LogP contribution in [0.5, 0.6) is 0 Å². The first kappa shape index (κ1) is 17.1. The zero-order valence-electron chi connectivity index (χ0n) is 15.6. The van der Waals surface area contributed by atoms with Crippen LogP contribution in [-0.4, -0.2) is 30.4 Å². The van der Waals surface area contributed by atoms with Gasteiger partial charge in [0.25, 0.3) is 5.91 Å². The van der Waals surface area contributed by atoms with Gasteiger partial charge in [0.1, 0.15) is 5.76 Å². The number of nitrogens with zero attached hydrogens (tertiary/aromatic N) is 1. The number of likely N-dealkylation sites (tertiary alicyclic amines) is 1. The van der Waals surface area contributed by atoms with Crippen LogP contribution in [0.15, 0.2) is 10.5 Å². The molecular formula is C21H32N2O2. The van der Waals surface area contributed by atoms with Gasteiger partial charge in [0, 0.05) is 25.1 Å². The molecule has 2 heterocycles. The highest BCUT2D eigenvalue weighted by Crippen LogP contribution is 2.47. The molecule has 3 atom stereocenters. The van der Waals surface area contributed by atoms with Crippen LogP contribution in [-0.2, 0) is 13.0 Å². The molecule has 1 N–H and O–H groups in total. The number of nitrogens with one attached hydrogen (secondary N) is 1. The van der Waals surface area contributed by atoms with Crippen LogP contribution in [0, 0.1) is 17.8 Å². The number of hydrogen-bond donors (Lipinski definition) is 1. The van der Waals surface area contributed by atoms with E-state index in [-0.39, 0.29) is 5.91 Å². The minimum atomic E-state index is -0.0242. The van der Waals surface area contributed by atoms with Gasteiger partial charge in [-0.15, -0.1) is 0 Å². The Kier molecular flexibility index (Phi) is 5.16. The fraction of sp³-hybridized carbons (Fsp3) is 0.762. The van der Waals surface area contributed by atoms with Crippen molar-refractivity contribution in [2.75, 3.05) is 19.6 Å². The maximum Gasteiger partial charge on any atom is 0.287 e. The van der Waals surface area contributed by atoms with Crippen molar-refractivity contribution in [3.8, 4) is 0 Å². The molecule has 25 heavy (non-hydrogen) atoms. The molecule has 0 aromatic carbocycles. The second kappa shape index (κ2) is 7.53. The van der Waals surface area contributed by atoms with Crippen LogP contribution < -0.4 is 5.32 Å². The molecule has 0 unspecified atom stereocenters. The number of fused-ring (bicyclic) bond motifs is 1. The summed E-state index contributed by atoms with van der Waals surface area (Å²) in [4.78, 5) is 15.1. The van der Waals surface area contributed by atoms with Crippen molar-refractivity contribution >= 4 is 5.91 Å². The average molecular weight is 344 g/mol. The lowest BCUT2D eigenvalue weighted by atomic mass is 9.92. The summed E-state index contributed by atoms with van der Waals surface area (Å²) in [6.07, 6.45) is 10.2. The fourth-order valence-corrected chi connectivity index (χ4v) is 5.44. The lowest BCUT2D eigenvalue weighted by Crippen LogP contribution is -2.30. The summed E-state index contributed by atoms with van der Waals surface area (Å²) in [5.74, 6) is 3.93. The molecule has 1 amide bonds. The number of amides is 1. The predicted molar refractivity (Wildman–Crippen MR) is 98.5 cm³/mol. The summed E-state index contributed by atoms with van der Waals surface area (Å²) in [7, 11) is 0. The van der Waals surface area contributed by atoms with E-state index in [4.69, 9.17) is 4.42 Å². The van der Waals surface area contributed by atoms with Gasteiger partial charge in [0.2, 0.25) is 0 Å². The molecule has 1 aliphatic heterocycles. The van der Waals surface area contributed by atoms with Crippen molar-refractivity contribution in [2.24, 2.45) is 17.8 Å². The maximum absolute atomic E-state index is 12.6. The molecule has 1 aromatic rings. The van der Waals surface area contributed by atoms with E-state index in [2.05, 4.69) is 17.1 Å². The molecule has 4 nitrogen and oxygen atoms in total. The SMILES string of the molecule is CCc1oc(C(=O)NC[C@H]2CC[C@@H]3CCC[C@@H]32)cc1CN1CCCC1. The number of aryl methyl sites for hydroxylation is 1. The van der Waals surface area contributed by atoms with Gasteiger partial charge in [0.05, 0.1) is 0 Å². The number of rotatable bonds is 6. The van der Waals surface area contributed by atoms with E-state index >= 15 is 0 Å². The van der Waals surface area contributed by atoms with Crippen LogP contribution in [0.4, 0.5) is 0 Å². The Balaban J connectivity index is 1.35. The Morgan fingerprint density at radius 1 is 1.20 bits per heavy atom. The van der Waals surface area contributed by atoms with E-state index < -0.39 is 0 Å². The van der Waals surface area contributed by atoms with Gasteiger partial charge in [-0.1, -0.05) is 19.8 Å². The Morgan fingerprint density at radius 2 is 2.04 bits per heavy atom. The average Bonchev–Trinajstić information content (AvgIpc) is 3.38. The second-order valence-electron chi connectivity index (χ2n) is 8.30. The summed E-state index contributed by atoms with van der Waals surface area (Å²) < 4.78 is 5.90. The van der Waals surface area contributed by atoms with Crippen molar-refractivity contribution in [3.63, 3.8) is 0 Å². The highest BCUT2D eigenvalue weighted by Gasteiger charge is 2.38. The van der Waals surface area contributed by atoms with Crippen LogP contribution in [0.3, 0.4) is 0 Å².